The maximum absolute atomic E-state index is 12.7. The third kappa shape index (κ3) is 6.20. The molecule has 15 heteroatoms. The Morgan fingerprint density at radius 1 is 1.06 bits per heavy atom. The van der Waals surface area contributed by atoms with Gasteiger partial charge in [-0.2, -0.15) is 31.4 Å². The number of rotatable bonds is 4. The van der Waals surface area contributed by atoms with Gasteiger partial charge in [-0.25, -0.2) is 19.9 Å². The monoisotopic (exact) mass is 478 g/mol. The summed E-state index contributed by atoms with van der Waals surface area (Å²) in [7, 11) is 0. The van der Waals surface area contributed by atoms with E-state index in [1.54, 1.807) is 10.00 Å². The molecule has 3 heterocycles. The molecule has 1 aliphatic rings. The van der Waals surface area contributed by atoms with Crippen molar-refractivity contribution in [1.82, 2.24) is 25.1 Å². The Labute approximate surface area is 181 Å². The van der Waals surface area contributed by atoms with Gasteiger partial charge in [0, 0.05) is 38.6 Å². The van der Waals surface area contributed by atoms with Crippen molar-refractivity contribution in [3.8, 4) is 0 Å². The Kier molecular flexibility index (Phi) is 6.88. The van der Waals surface area contributed by atoms with Crippen molar-refractivity contribution in [2.24, 2.45) is 0 Å². The van der Waals surface area contributed by atoms with Crippen LogP contribution in [0.15, 0.2) is 29.3 Å². The van der Waals surface area contributed by atoms with Gasteiger partial charge in [0.25, 0.3) is 5.56 Å². The molecule has 1 fully saturated rings. The normalized spacial score (nSPS) is 15.2. The van der Waals surface area contributed by atoms with Gasteiger partial charge in [0.2, 0.25) is 5.95 Å². The number of nitrogens with one attached hydrogen (secondary N) is 1. The lowest BCUT2D eigenvalue weighted by molar-refractivity contribution is -0.139. The second kappa shape index (κ2) is 9.46. The molecule has 0 radical (unpaired) electrons. The van der Waals surface area contributed by atoms with Crippen LogP contribution in [0.3, 0.4) is 0 Å². The van der Waals surface area contributed by atoms with Gasteiger partial charge < -0.3 is 14.5 Å². The second-order valence-corrected chi connectivity index (χ2v) is 6.76. The summed E-state index contributed by atoms with van der Waals surface area (Å²) in [5, 5.41) is 5.20. The molecule has 2 aromatic heterocycles. The van der Waals surface area contributed by atoms with Crippen LogP contribution in [0.25, 0.3) is 6.08 Å². The van der Waals surface area contributed by atoms with E-state index in [0.29, 0.717) is 18.5 Å². The van der Waals surface area contributed by atoms with Crippen LogP contribution >= 0.6 is 0 Å². The molecule has 1 N–H and O–H groups in total. The highest BCUT2D eigenvalue weighted by Crippen LogP contribution is 2.28. The number of piperazine rings is 1. The van der Waals surface area contributed by atoms with E-state index in [1.807, 2.05) is 0 Å². The summed E-state index contributed by atoms with van der Waals surface area (Å²) in [6.45, 7) is 0.658. The average molecular weight is 478 g/mol. The molecule has 0 spiro atoms. The number of H-pyrrole nitrogens is 1. The number of carbonyl (C=O) groups excluding carboxylic acids is 1. The highest BCUT2D eigenvalue weighted by Gasteiger charge is 2.34. The maximum Gasteiger partial charge on any atom is 0.421 e. The molecule has 0 atom stereocenters. The van der Waals surface area contributed by atoms with Crippen molar-refractivity contribution in [2.75, 3.05) is 37.7 Å². The summed E-state index contributed by atoms with van der Waals surface area (Å²) in [5.74, 6) is 0.102. The van der Waals surface area contributed by atoms with E-state index in [2.05, 4.69) is 15.1 Å². The van der Waals surface area contributed by atoms with E-state index in [-0.39, 0.29) is 44.4 Å². The van der Waals surface area contributed by atoms with Gasteiger partial charge in [-0.05, 0) is 18.2 Å². The van der Waals surface area contributed by atoms with Crippen LogP contribution in [0.4, 0.5) is 37.1 Å². The van der Waals surface area contributed by atoms with Crippen molar-refractivity contribution in [2.45, 2.75) is 12.4 Å². The number of halogens is 6. The van der Waals surface area contributed by atoms with Gasteiger partial charge in [0.15, 0.2) is 0 Å². The molecular weight excluding hydrogens is 462 g/mol. The number of anilines is 1. The number of nitrogens with zero attached hydrogens (tertiary/aromatic N) is 5. The molecule has 0 bridgehead atoms. The minimum absolute atomic E-state index is 0.102. The van der Waals surface area contributed by atoms with Crippen molar-refractivity contribution in [3.63, 3.8) is 0 Å². The minimum atomic E-state index is -4.83. The number of aromatic nitrogens is 4. The highest BCUT2D eigenvalue weighted by molar-refractivity contribution is 5.68. The molecule has 1 aliphatic heterocycles. The smallest absolute Gasteiger partial charge is 0.421 e. The van der Waals surface area contributed by atoms with E-state index >= 15 is 0 Å². The number of alkyl halides is 6. The third-order valence-corrected chi connectivity index (χ3v) is 4.51. The summed E-state index contributed by atoms with van der Waals surface area (Å²) < 4.78 is 81.0. The van der Waals surface area contributed by atoms with Crippen LogP contribution in [0.2, 0.25) is 0 Å². The van der Waals surface area contributed by atoms with Crippen molar-refractivity contribution in [3.05, 3.63) is 51.7 Å². The topological polar surface area (TPSA) is 104 Å². The van der Waals surface area contributed by atoms with E-state index in [9.17, 15) is 35.9 Å². The minimum Gasteiger partial charge on any atom is -0.445 e. The van der Waals surface area contributed by atoms with Crippen LogP contribution in [0, 0.1) is 0 Å². The number of amides is 1. The predicted octanol–water partition coefficient (Wildman–Crippen LogP) is 2.57. The van der Waals surface area contributed by atoms with Crippen LogP contribution in [0.1, 0.15) is 16.8 Å². The second-order valence-electron chi connectivity index (χ2n) is 6.76. The van der Waals surface area contributed by atoms with Crippen molar-refractivity contribution < 1.29 is 35.9 Å². The van der Waals surface area contributed by atoms with Gasteiger partial charge in [0.05, 0.1) is 11.3 Å². The van der Waals surface area contributed by atoms with E-state index in [4.69, 9.17) is 4.74 Å². The molecule has 2 aromatic rings. The predicted molar refractivity (Wildman–Crippen MR) is 101 cm³/mol. The third-order valence-electron chi connectivity index (χ3n) is 4.51. The first-order valence-electron chi connectivity index (χ1n) is 9.34. The standard InChI is InChI=1S/C18H16F6N6O3/c19-17(20,21)11-9-25-15(26-10-11)29-3-5-30(6-4-29)16(32)33-7-1-2-12-8-13(18(22,23)24)14(31)28-27-12/h1-2,8-10H,3-7H2,(H,28,31). The van der Waals surface area contributed by atoms with Crippen LogP contribution in [0.5, 0.6) is 0 Å². The summed E-state index contributed by atoms with van der Waals surface area (Å²) in [5.41, 5.74) is -3.91. The number of hydrogen-bond donors (Lipinski definition) is 1. The van der Waals surface area contributed by atoms with Crippen LogP contribution < -0.4 is 10.5 Å². The van der Waals surface area contributed by atoms with Crippen LogP contribution in [-0.2, 0) is 17.1 Å². The first kappa shape index (κ1) is 24.0. The van der Waals surface area contributed by atoms with Gasteiger partial charge in [-0.15, -0.1) is 0 Å². The van der Waals surface area contributed by atoms with Gasteiger partial charge in [-0.3, -0.25) is 4.79 Å². The molecule has 0 aromatic carbocycles. The zero-order valence-corrected chi connectivity index (χ0v) is 16.7. The van der Waals surface area contributed by atoms with Gasteiger partial charge >= 0.3 is 18.4 Å². The van der Waals surface area contributed by atoms with Gasteiger partial charge in [0.1, 0.15) is 12.2 Å². The van der Waals surface area contributed by atoms with Crippen LogP contribution in [-0.4, -0.2) is 63.9 Å². The molecule has 178 valence electrons. The summed E-state index contributed by atoms with van der Waals surface area (Å²) in [6.07, 6.45) is -6.28. The number of aromatic amines is 1. The molecule has 33 heavy (non-hydrogen) atoms. The number of ether oxygens (including phenoxy) is 1. The average Bonchev–Trinajstić information content (AvgIpc) is 2.76. The maximum atomic E-state index is 12.7. The number of hydrogen-bond acceptors (Lipinski definition) is 7. The Morgan fingerprint density at radius 3 is 2.27 bits per heavy atom. The molecule has 1 saturated heterocycles. The van der Waals surface area contributed by atoms with Crippen molar-refractivity contribution >= 4 is 18.1 Å². The summed E-state index contributed by atoms with van der Waals surface area (Å²) in [6, 6.07) is 0.569. The first-order valence-corrected chi connectivity index (χ1v) is 9.34. The molecule has 0 saturated carbocycles. The van der Waals surface area contributed by atoms with E-state index in [0.717, 1.165) is 6.08 Å². The van der Waals surface area contributed by atoms with E-state index < -0.39 is 35.1 Å². The number of carbonyl (C=O) groups is 1. The fourth-order valence-electron chi connectivity index (χ4n) is 2.82. The molecule has 0 aliphatic carbocycles. The molecule has 9 nitrogen and oxygen atoms in total. The van der Waals surface area contributed by atoms with Crippen molar-refractivity contribution in [1.29, 1.82) is 0 Å². The SMILES string of the molecule is O=C(OCC=Cc1cc(C(F)(F)F)c(=O)[nH]n1)N1CCN(c2ncc(C(F)(F)F)cn2)CC1. The summed E-state index contributed by atoms with van der Waals surface area (Å²) >= 11 is 0. The fourth-order valence-corrected chi connectivity index (χ4v) is 2.82. The molecule has 0 unspecified atom stereocenters. The molecule has 1 amide bonds. The zero-order valence-electron chi connectivity index (χ0n) is 16.7. The lowest BCUT2D eigenvalue weighted by Crippen LogP contribution is -2.49. The lowest BCUT2D eigenvalue weighted by Gasteiger charge is -2.34. The Bertz CT molecular complexity index is 1060. The lowest BCUT2D eigenvalue weighted by atomic mass is 10.2. The first-order chi connectivity index (χ1) is 15.4. The summed E-state index contributed by atoms with van der Waals surface area (Å²) in [4.78, 5) is 33.7. The van der Waals surface area contributed by atoms with Gasteiger partial charge in [-0.1, -0.05) is 0 Å². The Balaban J connectivity index is 1.47. The fraction of sp³-hybridized carbons (Fsp3) is 0.389. The largest absolute Gasteiger partial charge is 0.445 e. The zero-order chi connectivity index (χ0) is 24.2. The quantitative estimate of drug-likeness (QED) is 0.674. The molecular formula is C18H16F6N6O3. The Hall–Kier alpha value is -3.65. The van der Waals surface area contributed by atoms with E-state index in [1.165, 1.54) is 11.0 Å². The Morgan fingerprint density at radius 2 is 1.70 bits per heavy atom. The highest BCUT2D eigenvalue weighted by atomic mass is 19.4. The molecule has 3 rings (SSSR count).